The van der Waals surface area contributed by atoms with E-state index in [1.807, 2.05) is 0 Å². The lowest BCUT2D eigenvalue weighted by atomic mass is 9.94. The molecule has 1 aromatic rings. The van der Waals surface area contributed by atoms with E-state index in [1.54, 1.807) is 26.8 Å². The van der Waals surface area contributed by atoms with Crippen LogP contribution in [0.15, 0.2) is 18.2 Å². The van der Waals surface area contributed by atoms with E-state index in [-0.39, 0.29) is 18.2 Å². The number of alkyl halides is 2. The van der Waals surface area contributed by atoms with Gasteiger partial charge in [-0.25, -0.2) is 13.6 Å². The van der Waals surface area contributed by atoms with Crippen LogP contribution in [0.1, 0.15) is 43.9 Å². The molecule has 1 aromatic carbocycles. The molecule has 1 heterocycles. The van der Waals surface area contributed by atoms with Crippen LogP contribution < -0.4 is 5.32 Å². The number of halogens is 2. The molecule has 22 heavy (non-hydrogen) atoms. The van der Waals surface area contributed by atoms with E-state index in [1.165, 1.54) is 12.1 Å². The van der Waals surface area contributed by atoms with Gasteiger partial charge in [-0.05, 0) is 44.4 Å². The lowest BCUT2D eigenvalue weighted by Gasteiger charge is -2.27. The maximum Gasteiger partial charge on any atom is 0.508 e. The molecule has 1 aliphatic rings. The predicted molar refractivity (Wildman–Crippen MR) is 77.9 cm³/mol. The summed E-state index contributed by atoms with van der Waals surface area (Å²) in [6, 6.07) is 4.65. The van der Waals surface area contributed by atoms with Crippen molar-refractivity contribution in [3.63, 3.8) is 0 Å². The van der Waals surface area contributed by atoms with Gasteiger partial charge in [0.1, 0.15) is 12.2 Å². The monoisotopic (exact) mass is 313 g/mol. The van der Waals surface area contributed by atoms with Gasteiger partial charge in [0.15, 0.2) is 0 Å². The first-order chi connectivity index (χ1) is 10.2. The summed E-state index contributed by atoms with van der Waals surface area (Å²) in [4.78, 5) is 11.5. The maximum atomic E-state index is 12.7. The molecule has 1 atom stereocenters. The first kappa shape index (κ1) is 16.7. The van der Waals surface area contributed by atoms with Crippen LogP contribution in [0.4, 0.5) is 13.6 Å². The van der Waals surface area contributed by atoms with Crippen LogP contribution in [-0.4, -0.2) is 24.4 Å². The predicted octanol–water partition coefficient (Wildman–Crippen LogP) is 3.59. The second kappa shape index (κ2) is 6.60. The molecule has 0 unspecified atom stereocenters. The average Bonchev–Trinajstić information content (AvgIpc) is 2.42. The Labute approximate surface area is 128 Å². The Kier molecular flexibility index (Phi) is 5.01. The van der Waals surface area contributed by atoms with Gasteiger partial charge in [-0.3, -0.25) is 0 Å². The first-order valence-electron chi connectivity index (χ1n) is 7.23. The highest BCUT2D eigenvalue weighted by Gasteiger charge is 2.23. The maximum absolute atomic E-state index is 12.7. The number of hydrogen-bond acceptors (Lipinski definition) is 4. The molecule has 1 aliphatic heterocycles. The molecule has 1 N–H and O–H groups in total. The second-order valence-corrected chi connectivity index (χ2v) is 6.39. The minimum absolute atomic E-state index is 0.0315. The summed E-state index contributed by atoms with van der Waals surface area (Å²) in [7, 11) is 0. The van der Waals surface area contributed by atoms with Crippen molar-refractivity contribution in [2.24, 2.45) is 0 Å². The quantitative estimate of drug-likeness (QED) is 0.866. The molecule has 0 radical (unpaired) electrons. The Morgan fingerprint density at radius 2 is 2.09 bits per heavy atom. The number of ether oxygens (including phenoxy) is 2. The van der Waals surface area contributed by atoms with E-state index < -0.39 is 18.2 Å². The van der Waals surface area contributed by atoms with Crippen molar-refractivity contribution < 1.29 is 23.0 Å². The van der Waals surface area contributed by atoms with Crippen molar-refractivity contribution in [2.75, 3.05) is 6.61 Å². The molecule has 0 bridgehead atoms. The van der Waals surface area contributed by atoms with Crippen LogP contribution in [0.2, 0.25) is 0 Å². The number of benzene rings is 1. The van der Waals surface area contributed by atoms with Crippen molar-refractivity contribution in [2.45, 2.75) is 51.8 Å². The number of nitrogens with one attached hydrogen (secondary N) is 1. The van der Waals surface area contributed by atoms with Crippen molar-refractivity contribution in [1.82, 2.24) is 5.32 Å². The summed E-state index contributed by atoms with van der Waals surface area (Å²) in [5.74, 6) is 0. The molecule has 6 heteroatoms. The molecule has 0 spiro atoms. The van der Waals surface area contributed by atoms with Gasteiger partial charge in [0, 0.05) is 18.2 Å². The molecule has 0 amide bonds. The van der Waals surface area contributed by atoms with Gasteiger partial charge in [0.25, 0.3) is 6.43 Å². The second-order valence-electron chi connectivity index (χ2n) is 6.39. The third-order valence-corrected chi connectivity index (χ3v) is 3.32. The normalized spacial score (nSPS) is 18.0. The molecule has 4 nitrogen and oxygen atoms in total. The van der Waals surface area contributed by atoms with E-state index in [4.69, 9.17) is 9.47 Å². The molecular weight excluding hydrogens is 292 g/mol. The SMILES string of the molecule is CC(C)(C)OC(=O)OC[C@@H]1Cc2ccc(C(F)F)cc2CN1. The third-order valence-electron chi connectivity index (χ3n) is 3.32. The zero-order chi connectivity index (χ0) is 16.3. The van der Waals surface area contributed by atoms with Crippen LogP contribution in [-0.2, 0) is 22.4 Å². The molecular formula is C16H21F2NO3. The van der Waals surface area contributed by atoms with E-state index in [0.717, 1.165) is 11.1 Å². The molecule has 0 aromatic heterocycles. The Balaban J connectivity index is 1.89. The zero-order valence-electron chi connectivity index (χ0n) is 13.0. The summed E-state index contributed by atoms with van der Waals surface area (Å²) >= 11 is 0. The van der Waals surface area contributed by atoms with Crippen LogP contribution in [0, 0.1) is 0 Å². The molecule has 0 aliphatic carbocycles. The number of carbonyl (C=O) groups excluding carboxylic acids is 1. The Hall–Kier alpha value is -1.69. The smallest absolute Gasteiger partial charge is 0.433 e. The first-order valence-corrected chi connectivity index (χ1v) is 7.23. The standard InChI is InChI=1S/C16H21F2NO3/c1-16(2,3)22-15(20)21-9-13-7-10-4-5-11(14(17)18)6-12(10)8-19-13/h4-6,13-14,19H,7-9H2,1-3H3/t13-/m0/s1. The molecule has 0 saturated heterocycles. The van der Waals surface area contributed by atoms with Crippen LogP contribution in [0.3, 0.4) is 0 Å². The summed E-state index contributed by atoms with van der Waals surface area (Å²) in [6.07, 6.45) is -2.53. The lowest BCUT2D eigenvalue weighted by molar-refractivity contribution is -0.0110. The molecule has 2 rings (SSSR count). The van der Waals surface area contributed by atoms with Crippen LogP contribution in [0.25, 0.3) is 0 Å². The Morgan fingerprint density at radius 1 is 1.36 bits per heavy atom. The van der Waals surface area contributed by atoms with Gasteiger partial charge in [-0.2, -0.15) is 0 Å². The fourth-order valence-corrected chi connectivity index (χ4v) is 2.30. The minimum Gasteiger partial charge on any atom is -0.433 e. The highest BCUT2D eigenvalue weighted by Crippen LogP contribution is 2.24. The highest BCUT2D eigenvalue weighted by molar-refractivity contribution is 5.60. The number of hydrogen-bond donors (Lipinski definition) is 1. The topological polar surface area (TPSA) is 47.6 Å². The molecule has 0 fully saturated rings. The van der Waals surface area contributed by atoms with Crippen LogP contribution >= 0.6 is 0 Å². The van der Waals surface area contributed by atoms with E-state index >= 15 is 0 Å². The van der Waals surface area contributed by atoms with Crippen molar-refractivity contribution >= 4 is 6.16 Å². The van der Waals surface area contributed by atoms with Crippen LogP contribution in [0.5, 0.6) is 0 Å². The fraction of sp³-hybridized carbons (Fsp3) is 0.562. The van der Waals surface area contributed by atoms with Gasteiger partial charge in [-0.1, -0.05) is 12.1 Å². The van der Waals surface area contributed by atoms with Gasteiger partial charge < -0.3 is 14.8 Å². The lowest BCUT2D eigenvalue weighted by Crippen LogP contribution is -2.40. The average molecular weight is 313 g/mol. The summed E-state index contributed by atoms with van der Waals surface area (Å²) in [5, 5.41) is 3.18. The van der Waals surface area contributed by atoms with Crippen molar-refractivity contribution in [3.8, 4) is 0 Å². The summed E-state index contributed by atoms with van der Waals surface area (Å²) < 4.78 is 35.5. The van der Waals surface area contributed by atoms with Gasteiger partial charge in [0.2, 0.25) is 0 Å². The summed E-state index contributed by atoms with van der Waals surface area (Å²) in [5.41, 5.74) is 1.31. The van der Waals surface area contributed by atoms with Crippen molar-refractivity contribution in [3.05, 3.63) is 34.9 Å². The molecule has 122 valence electrons. The fourth-order valence-electron chi connectivity index (χ4n) is 2.30. The van der Waals surface area contributed by atoms with Gasteiger partial charge in [-0.15, -0.1) is 0 Å². The summed E-state index contributed by atoms with van der Waals surface area (Å²) in [6.45, 7) is 5.97. The number of fused-ring (bicyclic) bond motifs is 1. The van der Waals surface area contributed by atoms with E-state index in [2.05, 4.69) is 5.32 Å². The Bertz CT molecular complexity index is 541. The third kappa shape index (κ3) is 4.66. The number of carbonyl (C=O) groups is 1. The largest absolute Gasteiger partial charge is 0.508 e. The highest BCUT2D eigenvalue weighted by atomic mass is 19.3. The van der Waals surface area contributed by atoms with Crippen molar-refractivity contribution in [1.29, 1.82) is 0 Å². The van der Waals surface area contributed by atoms with E-state index in [9.17, 15) is 13.6 Å². The van der Waals surface area contributed by atoms with E-state index in [0.29, 0.717) is 13.0 Å². The Morgan fingerprint density at radius 3 is 2.73 bits per heavy atom. The zero-order valence-corrected chi connectivity index (χ0v) is 13.0. The van der Waals surface area contributed by atoms with Gasteiger partial charge >= 0.3 is 6.16 Å². The molecule has 0 saturated carbocycles. The number of rotatable bonds is 3. The van der Waals surface area contributed by atoms with Gasteiger partial charge in [0.05, 0.1) is 0 Å². The minimum atomic E-state index is -2.46.